The number of hydrogen-bond acceptors (Lipinski definition) is 3. The summed E-state index contributed by atoms with van der Waals surface area (Å²) in [4.78, 5) is 14.1. The molecule has 0 N–H and O–H groups in total. The highest BCUT2D eigenvalue weighted by Gasteiger charge is 2.28. The van der Waals surface area contributed by atoms with Crippen LogP contribution in [0, 0.1) is 5.92 Å². The van der Waals surface area contributed by atoms with E-state index in [2.05, 4.69) is 32.9 Å². The average Bonchev–Trinajstić information content (AvgIpc) is 2.51. The first-order chi connectivity index (χ1) is 11.5. The summed E-state index contributed by atoms with van der Waals surface area (Å²) >= 11 is 0. The molecule has 1 aromatic rings. The Bertz CT molecular complexity index is 584. The normalized spacial score (nSPS) is 18.8. The van der Waals surface area contributed by atoms with Gasteiger partial charge in [0, 0.05) is 19.0 Å². The van der Waals surface area contributed by atoms with E-state index in [9.17, 15) is 4.79 Å². The molecule has 1 unspecified atom stereocenters. The van der Waals surface area contributed by atoms with Crippen LogP contribution < -0.4 is 4.74 Å². The van der Waals surface area contributed by atoms with Gasteiger partial charge in [0.25, 0.3) is 0 Å². The lowest BCUT2D eigenvalue weighted by molar-refractivity contribution is 0.0139. The quantitative estimate of drug-likeness (QED) is 0.771. The van der Waals surface area contributed by atoms with Gasteiger partial charge in [0.1, 0.15) is 11.4 Å². The Hall–Kier alpha value is -1.71. The maximum absolute atomic E-state index is 12.3. The van der Waals surface area contributed by atoms with Crippen molar-refractivity contribution in [2.75, 3.05) is 19.7 Å². The van der Waals surface area contributed by atoms with Crippen molar-refractivity contribution in [1.29, 1.82) is 0 Å². The van der Waals surface area contributed by atoms with Gasteiger partial charge in [-0.05, 0) is 56.7 Å². The van der Waals surface area contributed by atoms with Gasteiger partial charge in [0.2, 0.25) is 0 Å². The van der Waals surface area contributed by atoms with E-state index < -0.39 is 5.60 Å². The summed E-state index contributed by atoms with van der Waals surface area (Å²) in [6.45, 7) is 14.4. The molecule has 1 aliphatic rings. The van der Waals surface area contributed by atoms with Crippen LogP contribution in [0.25, 0.3) is 0 Å². The Morgan fingerprint density at radius 1 is 1.20 bits per heavy atom. The van der Waals surface area contributed by atoms with Gasteiger partial charge >= 0.3 is 6.09 Å². The summed E-state index contributed by atoms with van der Waals surface area (Å²) in [7, 11) is 0. The summed E-state index contributed by atoms with van der Waals surface area (Å²) in [5.74, 6) is 1.25. The van der Waals surface area contributed by atoms with Crippen LogP contribution in [-0.4, -0.2) is 36.3 Å². The SMILES string of the molecule is CC(C)(C)OC(=O)N1CCCC(COc2cccc(C(C)(C)C)c2)C1. The number of benzene rings is 1. The molecule has 1 aliphatic heterocycles. The molecule has 1 aromatic carbocycles. The third-order valence-electron chi connectivity index (χ3n) is 4.36. The summed E-state index contributed by atoms with van der Waals surface area (Å²) in [6.07, 6.45) is 1.86. The monoisotopic (exact) mass is 347 g/mol. The molecule has 140 valence electrons. The summed E-state index contributed by atoms with van der Waals surface area (Å²) < 4.78 is 11.5. The average molecular weight is 347 g/mol. The lowest BCUT2D eigenvalue weighted by atomic mass is 9.87. The minimum atomic E-state index is -0.450. The number of amides is 1. The molecule has 1 amide bonds. The second-order valence-electron chi connectivity index (χ2n) is 9.02. The van der Waals surface area contributed by atoms with Crippen molar-refractivity contribution in [1.82, 2.24) is 4.90 Å². The molecule has 25 heavy (non-hydrogen) atoms. The third-order valence-corrected chi connectivity index (χ3v) is 4.36. The van der Waals surface area contributed by atoms with E-state index in [0.717, 1.165) is 25.1 Å². The molecule has 1 heterocycles. The lowest BCUT2D eigenvalue weighted by Crippen LogP contribution is -2.44. The Morgan fingerprint density at radius 2 is 1.92 bits per heavy atom. The van der Waals surface area contributed by atoms with E-state index >= 15 is 0 Å². The maximum Gasteiger partial charge on any atom is 0.410 e. The van der Waals surface area contributed by atoms with E-state index in [-0.39, 0.29) is 11.5 Å². The molecular weight excluding hydrogens is 314 g/mol. The predicted octanol–water partition coefficient (Wildman–Crippen LogP) is 5.01. The zero-order valence-electron chi connectivity index (χ0n) is 16.6. The van der Waals surface area contributed by atoms with E-state index in [1.807, 2.05) is 37.8 Å². The molecule has 4 heteroatoms. The molecule has 0 aliphatic carbocycles. The van der Waals surface area contributed by atoms with Crippen LogP contribution in [0.2, 0.25) is 0 Å². The topological polar surface area (TPSA) is 38.8 Å². The molecule has 0 spiro atoms. The van der Waals surface area contributed by atoms with Crippen LogP contribution >= 0.6 is 0 Å². The molecule has 1 fully saturated rings. The highest BCUT2D eigenvalue weighted by molar-refractivity contribution is 5.68. The van der Waals surface area contributed by atoms with Gasteiger partial charge in [-0.2, -0.15) is 0 Å². The molecule has 0 aromatic heterocycles. The molecule has 1 saturated heterocycles. The standard InChI is InChI=1S/C21H33NO3/c1-20(2,3)17-10-7-11-18(13-17)24-15-16-9-8-12-22(14-16)19(23)25-21(4,5)6/h7,10-11,13,16H,8-9,12,14-15H2,1-6H3. The fourth-order valence-electron chi connectivity index (χ4n) is 2.96. The van der Waals surface area contributed by atoms with Crippen molar-refractivity contribution in [2.45, 2.75) is 65.4 Å². The molecular formula is C21H33NO3. The minimum absolute atomic E-state index is 0.109. The third kappa shape index (κ3) is 6.26. The second-order valence-corrected chi connectivity index (χ2v) is 9.02. The zero-order chi connectivity index (χ0) is 18.7. The van der Waals surface area contributed by atoms with Crippen molar-refractivity contribution in [3.63, 3.8) is 0 Å². The maximum atomic E-state index is 12.3. The number of carbonyl (C=O) groups excluding carboxylic acids is 1. The van der Waals surface area contributed by atoms with Crippen LogP contribution in [0.4, 0.5) is 4.79 Å². The van der Waals surface area contributed by atoms with Gasteiger partial charge in [0.15, 0.2) is 0 Å². The van der Waals surface area contributed by atoms with Gasteiger partial charge in [-0.15, -0.1) is 0 Å². The van der Waals surface area contributed by atoms with Crippen molar-refractivity contribution >= 4 is 6.09 Å². The van der Waals surface area contributed by atoms with Crippen LogP contribution in [0.5, 0.6) is 5.75 Å². The predicted molar refractivity (Wildman–Crippen MR) is 101 cm³/mol. The van der Waals surface area contributed by atoms with Gasteiger partial charge < -0.3 is 14.4 Å². The fourth-order valence-corrected chi connectivity index (χ4v) is 2.96. The second kappa shape index (κ2) is 7.67. The molecule has 4 nitrogen and oxygen atoms in total. The van der Waals surface area contributed by atoms with Gasteiger partial charge in [0.05, 0.1) is 6.61 Å². The number of hydrogen-bond donors (Lipinski definition) is 0. The van der Waals surface area contributed by atoms with Crippen LogP contribution in [0.3, 0.4) is 0 Å². The largest absolute Gasteiger partial charge is 0.493 e. The van der Waals surface area contributed by atoms with E-state index in [4.69, 9.17) is 9.47 Å². The summed E-state index contributed by atoms with van der Waals surface area (Å²) in [5.41, 5.74) is 0.926. The molecule has 2 rings (SSSR count). The van der Waals surface area contributed by atoms with Crippen molar-refractivity contribution in [3.8, 4) is 5.75 Å². The molecule has 0 bridgehead atoms. The number of piperidine rings is 1. The summed E-state index contributed by atoms with van der Waals surface area (Å²) in [6, 6.07) is 8.31. The first-order valence-electron chi connectivity index (χ1n) is 9.26. The number of nitrogens with zero attached hydrogens (tertiary/aromatic N) is 1. The highest BCUT2D eigenvalue weighted by Crippen LogP contribution is 2.26. The van der Waals surface area contributed by atoms with Gasteiger partial charge in [-0.3, -0.25) is 0 Å². The van der Waals surface area contributed by atoms with E-state index in [1.54, 1.807) is 0 Å². The van der Waals surface area contributed by atoms with Crippen LogP contribution in [0.15, 0.2) is 24.3 Å². The number of ether oxygens (including phenoxy) is 2. The van der Waals surface area contributed by atoms with Crippen molar-refractivity contribution in [2.24, 2.45) is 5.92 Å². The van der Waals surface area contributed by atoms with Crippen LogP contribution in [-0.2, 0) is 10.2 Å². The first kappa shape index (κ1) is 19.6. The molecule has 1 atom stereocenters. The lowest BCUT2D eigenvalue weighted by Gasteiger charge is -2.34. The number of likely N-dealkylation sites (tertiary alicyclic amines) is 1. The Balaban J connectivity index is 1.90. The van der Waals surface area contributed by atoms with E-state index in [1.165, 1.54) is 5.56 Å². The highest BCUT2D eigenvalue weighted by atomic mass is 16.6. The summed E-state index contributed by atoms with van der Waals surface area (Å²) in [5, 5.41) is 0. The minimum Gasteiger partial charge on any atom is -0.493 e. The Labute approximate surface area is 152 Å². The van der Waals surface area contributed by atoms with Gasteiger partial charge in [-0.1, -0.05) is 32.9 Å². The molecule has 0 saturated carbocycles. The Kier molecular flexibility index (Phi) is 6.02. The van der Waals surface area contributed by atoms with Crippen molar-refractivity contribution < 1.29 is 14.3 Å². The number of rotatable bonds is 3. The number of carbonyl (C=O) groups is 1. The van der Waals surface area contributed by atoms with Gasteiger partial charge in [-0.25, -0.2) is 4.79 Å². The first-order valence-corrected chi connectivity index (χ1v) is 9.26. The van der Waals surface area contributed by atoms with Crippen LogP contribution in [0.1, 0.15) is 59.9 Å². The fraction of sp³-hybridized carbons (Fsp3) is 0.667. The Morgan fingerprint density at radius 3 is 2.56 bits per heavy atom. The molecule has 0 radical (unpaired) electrons. The van der Waals surface area contributed by atoms with Crippen molar-refractivity contribution in [3.05, 3.63) is 29.8 Å². The van der Waals surface area contributed by atoms with E-state index in [0.29, 0.717) is 19.1 Å². The smallest absolute Gasteiger partial charge is 0.410 e. The zero-order valence-corrected chi connectivity index (χ0v) is 16.6.